The number of nitrogens with zero attached hydrogens (tertiary/aromatic N) is 2. The summed E-state index contributed by atoms with van der Waals surface area (Å²) in [6.45, 7) is 3.21. The van der Waals surface area contributed by atoms with Crippen molar-refractivity contribution in [2.45, 2.75) is 26.2 Å². The molecular weight excluding hydrogens is 190 g/mol. The van der Waals surface area contributed by atoms with Gasteiger partial charge in [0, 0.05) is 18.8 Å². The van der Waals surface area contributed by atoms with Gasteiger partial charge in [-0.25, -0.2) is 4.98 Å². The molecule has 1 aromatic heterocycles. The van der Waals surface area contributed by atoms with E-state index >= 15 is 0 Å². The molecule has 1 aliphatic carbocycles. The largest absolute Gasteiger partial charge is 0.481 e. The molecule has 0 amide bonds. The Morgan fingerprint density at radius 3 is 2.93 bits per heavy atom. The molecule has 0 bridgehead atoms. The fraction of sp³-hybridized carbons (Fsp3) is 0.636. The van der Waals surface area contributed by atoms with Crippen molar-refractivity contribution in [2.75, 3.05) is 19.0 Å². The van der Waals surface area contributed by atoms with Crippen LogP contribution in [-0.4, -0.2) is 23.6 Å². The Balaban J connectivity index is 1.93. The third-order valence-corrected chi connectivity index (χ3v) is 3.17. The summed E-state index contributed by atoms with van der Waals surface area (Å²) in [7, 11) is 1.61. The number of methoxy groups -OCH3 is 1. The lowest BCUT2D eigenvalue weighted by molar-refractivity contribution is 0.397. The smallest absolute Gasteiger partial charge is 0.225 e. The highest BCUT2D eigenvalue weighted by molar-refractivity contribution is 5.28. The van der Waals surface area contributed by atoms with Crippen molar-refractivity contribution in [1.82, 2.24) is 9.97 Å². The van der Waals surface area contributed by atoms with Crippen molar-refractivity contribution < 1.29 is 4.74 Å². The van der Waals surface area contributed by atoms with E-state index in [9.17, 15) is 0 Å². The summed E-state index contributed by atoms with van der Waals surface area (Å²) < 4.78 is 5.04. The van der Waals surface area contributed by atoms with Crippen LogP contribution in [0.2, 0.25) is 0 Å². The predicted octanol–water partition coefficient (Wildman–Crippen LogP) is 2.09. The second-order valence-corrected chi connectivity index (χ2v) is 4.13. The van der Waals surface area contributed by atoms with Crippen LogP contribution in [0.25, 0.3) is 0 Å². The third kappa shape index (κ3) is 2.37. The van der Waals surface area contributed by atoms with Crippen LogP contribution in [0.4, 0.5) is 5.95 Å². The molecule has 0 unspecified atom stereocenters. The standard InChI is InChI=1S/C11H17N3O/c1-3-11(5-6-11)8-13-10-12-7-4-9(14-10)15-2/h4,7H,3,5-6,8H2,1-2H3,(H,12,13,14). The van der Waals surface area contributed by atoms with E-state index in [0.29, 0.717) is 17.2 Å². The summed E-state index contributed by atoms with van der Waals surface area (Å²) in [4.78, 5) is 8.36. The second-order valence-electron chi connectivity index (χ2n) is 4.13. The molecule has 1 aromatic rings. The quantitative estimate of drug-likeness (QED) is 0.803. The zero-order valence-corrected chi connectivity index (χ0v) is 9.29. The molecule has 1 saturated carbocycles. The number of hydrogen-bond acceptors (Lipinski definition) is 4. The van der Waals surface area contributed by atoms with E-state index in [-0.39, 0.29) is 0 Å². The van der Waals surface area contributed by atoms with Gasteiger partial charge in [0.05, 0.1) is 7.11 Å². The molecule has 15 heavy (non-hydrogen) atoms. The van der Waals surface area contributed by atoms with E-state index in [2.05, 4.69) is 22.2 Å². The Kier molecular flexibility index (Phi) is 2.75. The zero-order chi connectivity index (χ0) is 10.7. The van der Waals surface area contributed by atoms with Crippen LogP contribution in [0, 0.1) is 5.41 Å². The van der Waals surface area contributed by atoms with Gasteiger partial charge < -0.3 is 10.1 Å². The summed E-state index contributed by atoms with van der Waals surface area (Å²) in [6.07, 6.45) is 5.57. The van der Waals surface area contributed by atoms with Crippen molar-refractivity contribution in [3.05, 3.63) is 12.3 Å². The van der Waals surface area contributed by atoms with Crippen LogP contribution < -0.4 is 10.1 Å². The summed E-state index contributed by atoms with van der Waals surface area (Å²) in [5.41, 5.74) is 0.506. The van der Waals surface area contributed by atoms with Gasteiger partial charge in [0.15, 0.2) is 0 Å². The van der Waals surface area contributed by atoms with Gasteiger partial charge >= 0.3 is 0 Å². The first-order chi connectivity index (χ1) is 7.28. The lowest BCUT2D eigenvalue weighted by Gasteiger charge is -2.13. The van der Waals surface area contributed by atoms with Gasteiger partial charge in [-0.05, 0) is 24.7 Å². The van der Waals surface area contributed by atoms with Gasteiger partial charge in [-0.2, -0.15) is 4.98 Å². The van der Waals surface area contributed by atoms with E-state index < -0.39 is 0 Å². The molecule has 1 aliphatic rings. The highest BCUT2D eigenvalue weighted by atomic mass is 16.5. The molecule has 0 aromatic carbocycles. The summed E-state index contributed by atoms with van der Waals surface area (Å²) in [5.74, 6) is 1.27. The normalized spacial score (nSPS) is 17.2. The first-order valence-electron chi connectivity index (χ1n) is 5.39. The Bertz CT molecular complexity index is 336. The average molecular weight is 207 g/mol. The van der Waals surface area contributed by atoms with E-state index in [4.69, 9.17) is 4.74 Å². The first-order valence-corrected chi connectivity index (χ1v) is 5.39. The first kappa shape index (κ1) is 10.2. The van der Waals surface area contributed by atoms with Crippen LogP contribution in [0.5, 0.6) is 5.88 Å². The highest BCUT2D eigenvalue weighted by Crippen LogP contribution is 2.48. The van der Waals surface area contributed by atoms with Crippen molar-refractivity contribution in [3.63, 3.8) is 0 Å². The number of aromatic nitrogens is 2. The molecule has 1 fully saturated rings. The predicted molar refractivity (Wildman–Crippen MR) is 59.0 cm³/mol. The Morgan fingerprint density at radius 2 is 2.33 bits per heavy atom. The Hall–Kier alpha value is -1.32. The number of hydrogen-bond donors (Lipinski definition) is 1. The lowest BCUT2D eigenvalue weighted by atomic mass is 10.0. The van der Waals surface area contributed by atoms with Gasteiger partial charge in [-0.3, -0.25) is 0 Å². The van der Waals surface area contributed by atoms with Gasteiger partial charge in [0.2, 0.25) is 11.8 Å². The van der Waals surface area contributed by atoms with E-state index in [1.54, 1.807) is 19.4 Å². The maximum Gasteiger partial charge on any atom is 0.225 e. The summed E-state index contributed by atoms with van der Waals surface area (Å²) in [5, 5.41) is 3.27. The fourth-order valence-corrected chi connectivity index (χ4v) is 1.64. The Morgan fingerprint density at radius 1 is 1.53 bits per heavy atom. The minimum absolute atomic E-state index is 0.506. The Labute approximate surface area is 90.1 Å². The van der Waals surface area contributed by atoms with E-state index in [0.717, 1.165) is 6.54 Å². The van der Waals surface area contributed by atoms with Crippen molar-refractivity contribution >= 4 is 5.95 Å². The van der Waals surface area contributed by atoms with Crippen LogP contribution >= 0.6 is 0 Å². The van der Waals surface area contributed by atoms with Gasteiger partial charge in [-0.15, -0.1) is 0 Å². The monoisotopic (exact) mass is 207 g/mol. The zero-order valence-electron chi connectivity index (χ0n) is 9.29. The summed E-state index contributed by atoms with van der Waals surface area (Å²) >= 11 is 0. The fourth-order valence-electron chi connectivity index (χ4n) is 1.64. The van der Waals surface area contributed by atoms with Crippen molar-refractivity contribution in [1.29, 1.82) is 0 Å². The minimum Gasteiger partial charge on any atom is -0.481 e. The van der Waals surface area contributed by atoms with Crippen LogP contribution in [-0.2, 0) is 0 Å². The third-order valence-electron chi connectivity index (χ3n) is 3.17. The van der Waals surface area contributed by atoms with E-state index in [1.807, 2.05) is 0 Å². The topological polar surface area (TPSA) is 47.0 Å². The number of nitrogens with one attached hydrogen (secondary N) is 1. The maximum absolute atomic E-state index is 5.04. The number of anilines is 1. The van der Waals surface area contributed by atoms with Crippen molar-refractivity contribution in [3.8, 4) is 5.88 Å². The number of ether oxygens (including phenoxy) is 1. The molecule has 0 atom stereocenters. The van der Waals surface area contributed by atoms with Gasteiger partial charge in [-0.1, -0.05) is 6.92 Å². The molecule has 0 saturated heterocycles. The maximum atomic E-state index is 5.04. The molecule has 2 rings (SSSR count). The van der Waals surface area contributed by atoms with Crippen LogP contribution in [0.15, 0.2) is 12.3 Å². The molecule has 1 heterocycles. The molecule has 4 heteroatoms. The van der Waals surface area contributed by atoms with Gasteiger partial charge in [0.25, 0.3) is 0 Å². The number of rotatable bonds is 5. The molecule has 0 spiro atoms. The molecule has 1 N–H and O–H groups in total. The van der Waals surface area contributed by atoms with Crippen molar-refractivity contribution in [2.24, 2.45) is 5.41 Å². The molecule has 4 nitrogen and oxygen atoms in total. The van der Waals surface area contributed by atoms with Crippen LogP contribution in [0.1, 0.15) is 26.2 Å². The molecule has 82 valence electrons. The molecular formula is C11H17N3O. The van der Waals surface area contributed by atoms with E-state index in [1.165, 1.54) is 19.3 Å². The van der Waals surface area contributed by atoms with Gasteiger partial charge in [0.1, 0.15) is 0 Å². The summed E-state index contributed by atoms with van der Waals surface area (Å²) in [6, 6.07) is 1.75. The lowest BCUT2D eigenvalue weighted by Crippen LogP contribution is -2.16. The SMILES string of the molecule is CCC1(CNc2nccc(OC)n2)CC1. The molecule has 0 radical (unpaired) electrons. The van der Waals surface area contributed by atoms with Crippen LogP contribution in [0.3, 0.4) is 0 Å². The average Bonchev–Trinajstić information content (AvgIpc) is 3.07. The minimum atomic E-state index is 0.506. The molecule has 0 aliphatic heterocycles. The second kappa shape index (κ2) is 4.04. The highest BCUT2D eigenvalue weighted by Gasteiger charge is 2.40.